The Morgan fingerprint density at radius 1 is 1.25 bits per heavy atom. The van der Waals surface area contributed by atoms with Crippen LogP contribution < -0.4 is 10.6 Å². The molecule has 0 aliphatic heterocycles. The Kier molecular flexibility index (Phi) is 6.52. The fourth-order valence-corrected chi connectivity index (χ4v) is 2.25. The Bertz CT molecular complexity index is 441. The summed E-state index contributed by atoms with van der Waals surface area (Å²) in [5, 5.41) is 5.85. The lowest BCUT2D eigenvalue weighted by atomic mass is 10.1. The predicted molar refractivity (Wildman–Crippen MR) is 85.3 cm³/mol. The highest BCUT2D eigenvalue weighted by Gasteiger charge is 2.11. The van der Waals surface area contributed by atoms with E-state index < -0.39 is 0 Å². The van der Waals surface area contributed by atoms with Crippen molar-refractivity contribution in [3.63, 3.8) is 0 Å². The smallest absolute Gasteiger partial charge is 0.319 e. The van der Waals surface area contributed by atoms with Gasteiger partial charge in [-0.3, -0.25) is 4.90 Å². The number of urea groups is 1. The molecule has 2 amide bonds. The van der Waals surface area contributed by atoms with Gasteiger partial charge in [-0.2, -0.15) is 0 Å². The van der Waals surface area contributed by atoms with Gasteiger partial charge in [-0.25, -0.2) is 4.79 Å². The van der Waals surface area contributed by atoms with E-state index in [1.54, 1.807) is 0 Å². The van der Waals surface area contributed by atoms with Crippen molar-refractivity contribution in [3.8, 4) is 0 Å². The minimum absolute atomic E-state index is 0.141. The van der Waals surface area contributed by atoms with Crippen LogP contribution in [0.4, 0.5) is 10.5 Å². The van der Waals surface area contributed by atoms with E-state index in [2.05, 4.69) is 36.3 Å². The number of rotatable bonds is 6. The number of nitrogens with zero attached hydrogens (tertiary/aromatic N) is 1. The van der Waals surface area contributed by atoms with Crippen molar-refractivity contribution in [3.05, 3.63) is 29.3 Å². The van der Waals surface area contributed by atoms with Crippen molar-refractivity contribution < 1.29 is 4.79 Å². The first-order valence-corrected chi connectivity index (χ1v) is 7.34. The molecule has 0 aliphatic rings. The molecular weight excluding hydrogens is 250 g/mol. The number of carbonyl (C=O) groups excluding carboxylic acids is 1. The third kappa shape index (κ3) is 4.85. The van der Waals surface area contributed by atoms with Gasteiger partial charge in [0, 0.05) is 18.3 Å². The topological polar surface area (TPSA) is 44.4 Å². The van der Waals surface area contributed by atoms with E-state index in [1.807, 2.05) is 32.0 Å². The van der Waals surface area contributed by atoms with E-state index in [4.69, 9.17) is 0 Å². The van der Waals surface area contributed by atoms with Crippen molar-refractivity contribution in [1.82, 2.24) is 10.2 Å². The fourth-order valence-electron chi connectivity index (χ4n) is 2.25. The van der Waals surface area contributed by atoms with Crippen molar-refractivity contribution in [2.24, 2.45) is 0 Å². The van der Waals surface area contributed by atoms with Crippen molar-refractivity contribution in [1.29, 1.82) is 0 Å². The molecule has 2 N–H and O–H groups in total. The van der Waals surface area contributed by atoms with Crippen LogP contribution in [0.15, 0.2) is 18.2 Å². The number of carbonyl (C=O) groups is 1. The summed E-state index contributed by atoms with van der Waals surface area (Å²) in [6.07, 6.45) is 0. The number of likely N-dealkylation sites (N-methyl/N-ethyl adjacent to an activating group) is 1. The summed E-state index contributed by atoms with van der Waals surface area (Å²) < 4.78 is 0. The molecule has 0 fully saturated rings. The lowest BCUT2D eigenvalue weighted by Gasteiger charge is -2.26. The molecule has 4 nitrogen and oxygen atoms in total. The lowest BCUT2D eigenvalue weighted by Crippen LogP contribution is -2.43. The number of hydrogen-bond acceptors (Lipinski definition) is 2. The number of amides is 2. The van der Waals surface area contributed by atoms with Crippen LogP contribution in [0.25, 0.3) is 0 Å². The van der Waals surface area contributed by atoms with E-state index >= 15 is 0 Å². The average Bonchev–Trinajstić information content (AvgIpc) is 2.42. The van der Waals surface area contributed by atoms with Crippen molar-refractivity contribution >= 4 is 11.7 Å². The molecule has 1 aromatic rings. The van der Waals surface area contributed by atoms with Gasteiger partial charge in [-0.15, -0.1) is 0 Å². The lowest BCUT2D eigenvalue weighted by molar-refractivity contribution is 0.220. The van der Waals surface area contributed by atoms with E-state index in [1.165, 1.54) is 0 Å². The predicted octanol–water partition coefficient (Wildman–Crippen LogP) is 3.16. The first kappa shape index (κ1) is 16.5. The van der Waals surface area contributed by atoms with Crippen LogP contribution in [-0.4, -0.2) is 36.6 Å². The molecular formula is C16H27N3O. The molecule has 0 radical (unpaired) electrons. The summed E-state index contributed by atoms with van der Waals surface area (Å²) in [4.78, 5) is 14.3. The van der Waals surface area contributed by atoms with Crippen LogP contribution in [0.5, 0.6) is 0 Å². The number of hydrogen-bond donors (Lipinski definition) is 2. The van der Waals surface area contributed by atoms with Crippen molar-refractivity contribution in [2.45, 2.75) is 40.7 Å². The molecule has 0 saturated heterocycles. The SMILES string of the molecule is CCN(CC)[C@@H](C)CNC(=O)Nc1cc(C)ccc1C. The zero-order valence-electron chi connectivity index (χ0n) is 13.3. The minimum Gasteiger partial charge on any atom is -0.336 e. The molecule has 0 aliphatic carbocycles. The van der Waals surface area contributed by atoms with Crippen LogP contribution in [0.2, 0.25) is 0 Å². The van der Waals surface area contributed by atoms with Gasteiger partial charge >= 0.3 is 6.03 Å². The largest absolute Gasteiger partial charge is 0.336 e. The van der Waals surface area contributed by atoms with E-state index in [9.17, 15) is 4.79 Å². The number of aryl methyl sites for hydroxylation is 2. The maximum absolute atomic E-state index is 11.9. The molecule has 0 aromatic heterocycles. The second kappa shape index (κ2) is 7.90. The maximum Gasteiger partial charge on any atom is 0.319 e. The van der Waals surface area contributed by atoms with Gasteiger partial charge in [0.15, 0.2) is 0 Å². The molecule has 0 saturated carbocycles. The van der Waals surface area contributed by atoms with Crippen LogP contribution in [0.3, 0.4) is 0 Å². The fraction of sp³-hybridized carbons (Fsp3) is 0.562. The van der Waals surface area contributed by atoms with E-state index in [0.717, 1.165) is 29.9 Å². The minimum atomic E-state index is -0.141. The molecule has 1 atom stereocenters. The Labute approximate surface area is 122 Å². The van der Waals surface area contributed by atoms with Gasteiger partial charge < -0.3 is 10.6 Å². The van der Waals surface area contributed by atoms with Crippen LogP contribution in [0.1, 0.15) is 31.9 Å². The second-order valence-electron chi connectivity index (χ2n) is 5.22. The molecule has 1 aromatic carbocycles. The van der Waals surface area contributed by atoms with Gasteiger partial charge in [-0.05, 0) is 51.1 Å². The summed E-state index contributed by atoms with van der Waals surface area (Å²) in [5.41, 5.74) is 3.09. The summed E-state index contributed by atoms with van der Waals surface area (Å²) in [7, 11) is 0. The van der Waals surface area contributed by atoms with Gasteiger partial charge in [0.25, 0.3) is 0 Å². The first-order chi connectivity index (χ1) is 9.47. The Morgan fingerprint density at radius 3 is 2.50 bits per heavy atom. The Morgan fingerprint density at radius 2 is 1.90 bits per heavy atom. The average molecular weight is 277 g/mol. The maximum atomic E-state index is 11.9. The number of nitrogens with one attached hydrogen (secondary N) is 2. The van der Waals surface area contributed by atoms with Crippen LogP contribution >= 0.6 is 0 Å². The van der Waals surface area contributed by atoms with E-state index in [0.29, 0.717) is 12.6 Å². The van der Waals surface area contributed by atoms with Gasteiger partial charge in [0.2, 0.25) is 0 Å². The second-order valence-corrected chi connectivity index (χ2v) is 5.22. The molecule has 4 heteroatoms. The zero-order valence-corrected chi connectivity index (χ0v) is 13.3. The van der Waals surface area contributed by atoms with Gasteiger partial charge in [0.05, 0.1) is 0 Å². The monoisotopic (exact) mass is 277 g/mol. The first-order valence-electron chi connectivity index (χ1n) is 7.34. The molecule has 0 unspecified atom stereocenters. The molecule has 0 spiro atoms. The summed E-state index contributed by atoms with van der Waals surface area (Å²) in [6.45, 7) is 13.1. The summed E-state index contributed by atoms with van der Waals surface area (Å²) in [5.74, 6) is 0. The third-order valence-electron chi connectivity index (χ3n) is 3.64. The highest BCUT2D eigenvalue weighted by Crippen LogP contribution is 2.15. The normalized spacial score (nSPS) is 12.3. The molecule has 1 rings (SSSR count). The zero-order chi connectivity index (χ0) is 15.1. The Balaban J connectivity index is 2.50. The van der Waals surface area contributed by atoms with E-state index in [-0.39, 0.29) is 6.03 Å². The quantitative estimate of drug-likeness (QED) is 0.839. The Hall–Kier alpha value is -1.55. The number of anilines is 1. The molecule has 0 heterocycles. The summed E-state index contributed by atoms with van der Waals surface area (Å²) >= 11 is 0. The highest BCUT2D eigenvalue weighted by molar-refractivity contribution is 5.90. The van der Waals surface area contributed by atoms with Gasteiger partial charge in [-0.1, -0.05) is 26.0 Å². The van der Waals surface area contributed by atoms with Crippen LogP contribution in [0, 0.1) is 13.8 Å². The number of benzene rings is 1. The van der Waals surface area contributed by atoms with Gasteiger partial charge in [0.1, 0.15) is 0 Å². The molecule has 112 valence electrons. The third-order valence-corrected chi connectivity index (χ3v) is 3.64. The molecule has 20 heavy (non-hydrogen) atoms. The van der Waals surface area contributed by atoms with Crippen molar-refractivity contribution in [2.75, 3.05) is 25.0 Å². The molecule has 0 bridgehead atoms. The highest BCUT2D eigenvalue weighted by atomic mass is 16.2. The van der Waals surface area contributed by atoms with Crippen LogP contribution in [-0.2, 0) is 0 Å². The standard InChI is InChI=1S/C16H27N3O/c1-6-19(7-2)14(5)11-17-16(20)18-15-10-12(3)8-9-13(15)4/h8-10,14H,6-7,11H2,1-5H3,(H2,17,18,20)/t14-/m0/s1. The summed E-state index contributed by atoms with van der Waals surface area (Å²) in [6, 6.07) is 6.25.